The van der Waals surface area contributed by atoms with E-state index in [1.165, 1.54) is 27.1 Å². The third kappa shape index (κ3) is 3.04. The Morgan fingerprint density at radius 1 is 1.42 bits per heavy atom. The minimum absolute atomic E-state index is 0.0923. The van der Waals surface area contributed by atoms with Crippen molar-refractivity contribution < 1.29 is 5.11 Å². The molecule has 1 atom stereocenters. The van der Waals surface area contributed by atoms with Crippen LogP contribution in [0, 0.1) is 20.8 Å². The van der Waals surface area contributed by atoms with Crippen LogP contribution in [0.3, 0.4) is 0 Å². The van der Waals surface area contributed by atoms with Crippen molar-refractivity contribution >= 4 is 29.1 Å². The molecule has 5 heteroatoms. The first-order valence-corrected chi connectivity index (χ1v) is 7.82. The molecule has 0 aromatic heterocycles. The van der Waals surface area contributed by atoms with Crippen molar-refractivity contribution in [3.8, 4) is 0 Å². The molecular weight excluding hydrogens is 276 g/mol. The lowest BCUT2D eigenvalue weighted by molar-refractivity contribution is 0.300. The molecule has 1 aliphatic rings. The number of hydrogen-bond acceptors (Lipinski definition) is 3. The number of rotatable bonds is 3. The largest absolute Gasteiger partial charge is 0.395 e. The Bertz CT molecular complexity index is 503. The molecule has 0 saturated carbocycles. The highest BCUT2D eigenvalue weighted by Crippen LogP contribution is 2.43. The molecule has 1 aliphatic heterocycles. The van der Waals surface area contributed by atoms with Gasteiger partial charge in [-0.15, -0.1) is 11.8 Å². The SMILES string of the molecule is Cc1cc(C)c2c(c1C)C(NC(=S)NCCO)CS2. The summed E-state index contributed by atoms with van der Waals surface area (Å²) in [5, 5.41) is 15.8. The summed E-state index contributed by atoms with van der Waals surface area (Å²) in [4.78, 5) is 1.39. The van der Waals surface area contributed by atoms with E-state index in [4.69, 9.17) is 17.3 Å². The molecule has 1 aromatic rings. The number of aryl methyl sites for hydroxylation is 2. The molecular formula is C14H20N2OS2. The van der Waals surface area contributed by atoms with Crippen molar-refractivity contribution in [2.75, 3.05) is 18.9 Å². The second-order valence-electron chi connectivity index (χ2n) is 4.87. The summed E-state index contributed by atoms with van der Waals surface area (Å²) >= 11 is 7.14. The standard InChI is InChI=1S/C14H20N2OS2/c1-8-6-9(2)13-12(10(8)3)11(7-19-13)16-14(18)15-4-5-17/h6,11,17H,4-5,7H2,1-3H3,(H2,15,16,18). The fraction of sp³-hybridized carbons (Fsp3) is 0.500. The maximum absolute atomic E-state index is 8.80. The highest BCUT2D eigenvalue weighted by atomic mass is 32.2. The monoisotopic (exact) mass is 296 g/mol. The minimum atomic E-state index is 0.0923. The molecule has 0 saturated heterocycles. The molecule has 0 bridgehead atoms. The van der Waals surface area contributed by atoms with Gasteiger partial charge in [-0.1, -0.05) is 6.07 Å². The Balaban J connectivity index is 2.19. The highest BCUT2D eigenvalue weighted by Gasteiger charge is 2.27. The Morgan fingerprint density at radius 2 is 2.16 bits per heavy atom. The van der Waals surface area contributed by atoms with Crippen LogP contribution >= 0.6 is 24.0 Å². The predicted molar refractivity (Wildman–Crippen MR) is 84.9 cm³/mol. The lowest BCUT2D eigenvalue weighted by Crippen LogP contribution is -2.39. The van der Waals surface area contributed by atoms with Gasteiger partial charge in [-0.2, -0.15) is 0 Å². The fourth-order valence-electron chi connectivity index (χ4n) is 2.45. The zero-order valence-electron chi connectivity index (χ0n) is 11.5. The molecule has 1 unspecified atom stereocenters. The topological polar surface area (TPSA) is 44.3 Å². The maximum atomic E-state index is 8.80. The van der Waals surface area contributed by atoms with Gasteiger partial charge in [0, 0.05) is 17.2 Å². The number of benzene rings is 1. The molecule has 1 aromatic carbocycles. The maximum Gasteiger partial charge on any atom is 0.166 e. The molecule has 0 aliphatic carbocycles. The summed E-state index contributed by atoms with van der Waals surface area (Å²) in [5.74, 6) is 1.00. The van der Waals surface area contributed by atoms with Crippen LogP contribution in [-0.2, 0) is 0 Å². The number of thioether (sulfide) groups is 1. The van der Waals surface area contributed by atoms with Gasteiger partial charge in [0.2, 0.25) is 0 Å². The minimum Gasteiger partial charge on any atom is -0.395 e. The first kappa shape index (κ1) is 14.6. The normalized spacial score (nSPS) is 17.2. The first-order chi connectivity index (χ1) is 9.04. The summed E-state index contributed by atoms with van der Waals surface area (Å²) in [6.45, 7) is 7.09. The lowest BCUT2D eigenvalue weighted by Gasteiger charge is -2.19. The van der Waals surface area contributed by atoms with Gasteiger partial charge in [-0.05, 0) is 55.2 Å². The summed E-state index contributed by atoms with van der Waals surface area (Å²) in [6, 6.07) is 2.52. The molecule has 3 N–H and O–H groups in total. The van der Waals surface area contributed by atoms with Gasteiger partial charge in [0.1, 0.15) is 0 Å². The van der Waals surface area contributed by atoms with E-state index in [-0.39, 0.29) is 12.6 Å². The van der Waals surface area contributed by atoms with Crippen LogP contribution in [0.15, 0.2) is 11.0 Å². The van der Waals surface area contributed by atoms with Gasteiger partial charge in [-0.3, -0.25) is 0 Å². The fourth-order valence-corrected chi connectivity index (χ4v) is 4.01. The second-order valence-corrected chi connectivity index (χ2v) is 6.30. The van der Waals surface area contributed by atoms with Crippen molar-refractivity contribution in [1.29, 1.82) is 0 Å². The number of hydrogen-bond donors (Lipinski definition) is 3. The summed E-state index contributed by atoms with van der Waals surface area (Å²) in [5.41, 5.74) is 5.42. The van der Waals surface area contributed by atoms with Crippen molar-refractivity contribution in [2.24, 2.45) is 0 Å². The van der Waals surface area contributed by atoms with Crippen molar-refractivity contribution in [3.63, 3.8) is 0 Å². The average Bonchev–Trinajstić information content (AvgIpc) is 2.78. The van der Waals surface area contributed by atoms with E-state index in [9.17, 15) is 0 Å². The van der Waals surface area contributed by atoms with Crippen LogP contribution in [0.25, 0.3) is 0 Å². The van der Waals surface area contributed by atoms with Gasteiger partial charge in [0.25, 0.3) is 0 Å². The van der Waals surface area contributed by atoms with Crippen LogP contribution in [0.1, 0.15) is 28.3 Å². The Kier molecular flexibility index (Phi) is 4.71. The zero-order valence-corrected chi connectivity index (χ0v) is 13.2. The van der Waals surface area contributed by atoms with Crippen LogP contribution in [0.5, 0.6) is 0 Å². The highest BCUT2D eigenvalue weighted by molar-refractivity contribution is 7.99. The molecule has 0 fully saturated rings. The summed E-state index contributed by atoms with van der Waals surface area (Å²) < 4.78 is 0. The number of thiocarbonyl (C=S) groups is 1. The van der Waals surface area contributed by atoms with Crippen LogP contribution in [0.4, 0.5) is 0 Å². The Hall–Kier alpha value is -0.780. The predicted octanol–water partition coefficient (Wildman–Crippen LogP) is 2.22. The lowest BCUT2D eigenvalue weighted by atomic mass is 9.96. The van der Waals surface area contributed by atoms with Gasteiger partial charge >= 0.3 is 0 Å². The molecule has 0 amide bonds. The van der Waals surface area contributed by atoms with Crippen LogP contribution in [-0.4, -0.2) is 29.1 Å². The molecule has 104 valence electrons. The number of aliphatic hydroxyl groups excluding tert-OH is 1. The van der Waals surface area contributed by atoms with Gasteiger partial charge < -0.3 is 15.7 Å². The number of nitrogens with one attached hydrogen (secondary N) is 2. The second kappa shape index (κ2) is 6.11. The number of aliphatic hydroxyl groups is 1. The van der Waals surface area contributed by atoms with Crippen LogP contribution < -0.4 is 10.6 Å². The van der Waals surface area contributed by atoms with Gasteiger partial charge in [-0.25, -0.2) is 0 Å². The summed E-state index contributed by atoms with van der Waals surface area (Å²) in [6.07, 6.45) is 0. The van der Waals surface area contributed by atoms with E-state index in [0.29, 0.717) is 11.7 Å². The van der Waals surface area contributed by atoms with Gasteiger partial charge in [0.05, 0.1) is 12.6 Å². The molecule has 3 nitrogen and oxygen atoms in total. The first-order valence-electron chi connectivity index (χ1n) is 6.43. The Morgan fingerprint density at radius 3 is 2.84 bits per heavy atom. The average molecular weight is 296 g/mol. The third-order valence-corrected chi connectivity index (χ3v) is 5.07. The smallest absolute Gasteiger partial charge is 0.166 e. The van der Waals surface area contributed by atoms with E-state index in [1.807, 2.05) is 11.8 Å². The molecule has 0 spiro atoms. The number of fused-ring (bicyclic) bond motifs is 1. The van der Waals surface area contributed by atoms with Crippen LogP contribution in [0.2, 0.25) is 0 Å². The van der Waals surface area contributed by atoms with E-state index in [2.05, 4.69) is 37.5 Å². The van der Waals surface area contributed by atoms with Gasteiger partial charge in [0.15, 0.2) is 5.11 Å². The van der Waals surface area contributed by atoms with E-state index >= 15 is 0 Å². The molecule has 0 radical (unpaired) electrons. The van der Waals surface area contributed by atoms with Crippen molar-refractivity contribution in [1.82, 2.24) is 10.6 Å². The zero-order chi connectivity index (χ0) is 14.0. The van der Waals surface area contributed by atoms with E-state index < -0.39 is 0 Å². The van der Waals surface area contributed by atoms with E-state index in [0.717, 1.165) is 5.75 Å². The quantitative estimate of drug-likeness (QED) is 0.747. The Labute approximate surface area is 124 Å². The summed E-state index contributed by atoms with van der Waals surface area (Å²) in [7, 11) is 0. The van der Waals surface area contributed by atoms with Crippen molar-refractivity contribution in [2.45, 2.75) is 31.7 Å². The molecule has 1 heterocycles. The molecule has 19 heavy (non-hydrogen) atoms. The molecule has 2 rings (SSSR count). The van der Waals surface area contributed by atoms with Crippen molar-refractivity contribution in [3.05, 3.63) is 28.3 Å². The van der Waals surface area contributed by atoms with E-state index in [1.54, 1.807) is 0 Å². The third-order valence-electron chi connectivity index (χ3n) is 3.48.